The van der Waals surface area contributed by atoms with Gasteiger partial charge in [-0.1, -0.05) is 20.8 Å². The highest BCUT2D eigenvalue weighted by Gasteiger charge is 2.45. The first-order valence-corrected chi connectivity index (χ1v) is 9.98. The van der Waals surface area contributed by atoms with Crippen molar-refractivity contribution in [3.63, 3.8) is 0 Å². The lowest BCUT2D eigenvalue weighted by Gasteiger charge is -2.29. The maximum Gasteiger partial charge on any atom is 0.337 e. The number of anilines is 1. The van der Waals surface area contributed by atoms with E-state index in [1.54, 1.807) is 12.1 Å². The summed E-state index contributed by atoms with van der Waals surface area (Å²) >= 11 is 0. The van der Waals surface area contributed by atoms with Gasteiger partial charge in [-0.3, -0.25) is 14.4 Å². The standard InChI is InChI=1S/C23H26N2O6/c1-23(2,3)13-20(27)24(14-17-6-5-11-31-17)18-12-19(26)25(21(18)28)16-9-7-15(8-10-16)22(29)30-4/h5-11,18H,12-14H2,1-4H3. The smallest absolute Gasteiger partial charge is 0.337 e. The van der Waals surface area contributed by atoms with Crippen LogP contribution in [0.5, 0.6) is 0 Å². The van der Waals surface area contributed by atoms with Crippen molar-refractivity contribution in [1.29, 1.82) is 0 Å². The van der Waals surface area contributed by atoms with Gasteiger partial charge in [0.1, 0.15) is 11.8 Å². The summed E-state index contributed by atoms with van der Waals surface area (Å²) in [7, 11) is 1.27. The first-order chi connectivity index (χ1) is 14.6. The molecule has 3 rings (SSSR count). The van der Waals surface area contributed by atoms with Gasteiger partial charge >= 0.3 is 5.97 Å². The van der Waals surface area contributed by atoms with Crippen molar-refractivity contribution in [2.24, 2.45) is 5.41 Å². The number of amides is 3. The molecule has 2 aromatic rings. The van der Waals surface area contributed by atoms with Crippen LogP contribution in [0.25, 0.3) is 0 Å². The fourth-order valence-corrected chi connectivity index (χ4v) is 3.49. The van der Waals surface area contributed by atoms with E-state index in [1.165, 1.54) is 42.5 Å². The highest BCUT2D eigenvalue weighted by atomic mass is 16.5. The van der Waals surface area contributed by atoms with E-state index in [4.69, 9.17) is 4.42 Å². The lowest BCUT2D eigenvalue weighted by atomic mass is 9.91. The third-order valence-electron chi connectivity index (χ3n) is 4.95. The molecule has 31 heavy (non-hydrogen) atoms. The zero-order valence-electron chi connectivity index (χ0n) is 18.1. The third-order valence-corrected chi connectivity index (χ3v) is 4.95. The molecule has 1 saturated heterocycles. The molecule has 1 aliphatic rings. The van der Waals surface area contributed by atoms with Gasteiger partial charge in [0.25, 0.3) is 5.91 Å². The Balaban J connectivity index is 1.87. The van der Waals surface area contributed by atoms with Crippen molar-refractivity contribution in [2.75, 3.05) is 12.0 Å². The second kappa shape index (κ2) is 8.75. The van der Waals surface area contributed by atoms with Gasteiger partial charge in [0, 0.05) is 6.42 Å². The number of hydrogen-bond donors (Lipinski definition) is 0. The molecule has 8 nitrogen and oxygen atoms in total. The molecule has 1 aromatic carbocycles. The van der Waals surface area contributed by atoms with Crippen LogP contribution in [0.2, 0.25) is 0 Å². The molecule has 1 aliphatic heterocycles. The van der Waals surface area contributed by atoms with Crippen LogP contribution in [-0.2, 0) is 25.7 Å². The summed E-state index contributed by atoms with van der Waals surface area (Å²) < 4.78 is 10.0. The predicted octanol–water partition coefficient (Wildman–Crippen LogP) is 3.16. The fraction of sp³-hybridized carbons (Fsp3) is 0.391. The number of methoxy groups -OCH3 is 1. The van der Waals surface area contributed by atoms with Crippen LogP contribution in [0.4, 0.5) is 5.69 Å². The fourth-order valence-electron chi connectivity index (χ4n) is 3.49. The van der Waals surface area contributed by atoms with E-state index in [0.717, 1.165) is 4.90 Å². The molecule has 1 fully saturated rings. The van der Waals surface area contributed by atoms with Gasteiger partial charge in [0.05, 0.1) is 37.6 Å². The van der Waals surface area contributed by atoms with Crippen molar-refractivity contribution >= 4 is 29.4 Å². The van der Waals surface area contributed by atoms with Gasteiger partial charge in [-0.2, -0.15) is 0 Å². The van der Waals surface area contributed by atoms with Crippen molar-refractivity contribution in [2.45, 2.75) is 46.2 Å². The minimum atomic E-state index is -0.923. The number of carbonyl (C=O) groups excluding carboxylic acids is 4. The number of hydrogen-bond acceptors (Lipinski definition) is 6. The highest BCUT2D eigenvalue weighted by Crippen LogP contribution is 2.29. The average Bonchev–Trinajstić information content (AvgIpc) is 3.32. The zero-order chi connectivity index (χ0) is 22.8. The van der Waals surface area contributed by atoms with Crippen LogP contribution in [0.15, 0.2) is 47.1 Å². The van der Waals surface area contributed by atoms with Crippen LogP contribution in [0.1, 0.15) is 49.7 Å². The maximum atomic E-state index is 13.2. The molecule has 8 heteroatoms. The lowest BCUT2D eigenvalue weighted by Crippen LogP contribution is -2.45. The molecule has 164 valence electrons. The van der Waals surface area contributed by atoms with Gasteiger partial charge in [-0.05, 0) is 41.8 Å². The molecule has 1 aromatic heterocycles. The van der Waals surface area contributed by atoms with E-state index in [1.807, 2.05) is 20.8 Å². The Morgan fingerprint density at radius 1 is 1.16 bits per heavy atom. The largest absolute Gasteiger partial charge is 0.467 e. The summed E-state index contributed by atoms with van der Waals surface area (Å²) in [5, 5.41) is 0. The molecule has 3 amide bonds. The van der Waals surface area contributed by atoms with Gasteiger partial charge in [0.15, 0.2) is 0 Å². The van der Waals surface area contributed by atoms with Crippen molar-refractivity contribution in [3.8, 4) is 0 Å². The maximum absolute atomic E-state index is 13.2. The summed E-state index contributed by atoms with van der Waals surface area (Å²) in [4.78, 5) is 53.1. The molecule has 0 radical (unpaired) electrons. The Kier molecular flexibility index (Phi) is 6.29. The molecular formula is C23H26N2O6. The number of imide groups is 1. The second-order valence-corrected chi connectivity index (χ2v) is 8.66. The molecule has 1 atom stereocenters. The van der Waals surface area contributed by atoms with Crippen LogP contribution in [-0.4, -0.2) is 41.7 Å². The first kappa shape index (κ1) is 22.3. The predicted molar refractivity (Wildman–Crippen MR) is 112 cm³/mol. The van der Waals surface area contributed by atoms with Crippen LogP contribution < -0.4 is 4.90 Å². The summed E-state index contributed by atoms with van der Waals surface area (Å²) in [6, 6.07) is 8.51. The Bertz CT molecular complexity index is 972. The van der Waals surface area contributed by atoms with E-state index >= 15 is 0 Å². The molecule has 2 heterocycles. The van der Waals surface area contributed by atoms with Gasteiger partial charge < -0.3 is 14.1 Å². The molecular weight excluding hydrogens is 400 g/mol. The normalized spacial score (nSPS) is 16.5. The molecule has 1 unspecified atom stereocenters. The first-order valence-electron chi connectivity index (χ1n) is 9.98. The Labute approximate surface area is 180 Å². The Morgan fingerprint density at radius 3 is 2.39 bits per heavy atom. The van der Waals surface area contributed by atoms with E-state index in [9.17, 15) is 19.2 Å². The van der Waals surface area contributed by atoms with Crippen LogP contribution >= 0.6 is 0 Å². The van der Waals surface area contributed by atoms with Gasteiger partial charge in [-0.25, -0.2) is 9.69 Å². The lowest BCUT2D eigenvalue weighted by molar-refractivity contribution is -0.140. The SMILES string of the molecule is COC(=O)c1ccc(N2C(=O)CC(N(Cc3ccco3)C(=O)CC(C)(C)C)C2=O)cc1. The number of ether oxygens (including phenoxy) is 1. The summed E-state index contributed by atoms with van der Waals surface area (Å²) in [6.45, 7) is 5.91. The molecule has 0 bridgehead atoms. The van der Waals surface area contributed by atoms with Crippen LogP contribution in [0.3, 0.4) is 0 Å². The minimum Gasteiger partial charge on any atom is -0.467 e. The highest BCUT2D eigenvalue weighted by molar-refractivity contribution is 6.23. The molecule has 0 N–H and O–H groups in total. The monoisotopic (exact) mass is 426 g/mol. The molecule has 0 aliphatic carbocycles. The summed E-state index contributed by atoms with van der Waals surface area (Å²) in [5.41, 5.74) is 0.362. The zero-order valence-corrected chi connectivity index (χ0v) is 18.1. The van der Waals surface area contributed by atoms with Crippen molar-refractivity contribution in [1.82, 2.24) is 4.90 Å². The third kappa shape index (κ3) is 5.02. The van der Waals surface area contributed by atoms with Crippen LogP contribution in [0, 0.1) is 5.41 Å². The van der Waals surface area contributed by atoms with E-state index in [2.05, 4.69) is 4.74 Å². The number of esters is 1. The van der Waals surface area contributed by atoms with E-state index in [0.29, 0.717) is 17.0 Å². The number of rotatable bonds is 6. The van der Waals surface area contributed by atoms with E-state index < -0.39 is 23.8 Å². The number of benzene rings is 1. The summed E-state index contributed by atoms with van der Waals surface area (Å²) in [5.74, 6) is -1.10. The number of nitrogens with zero attached hydrogens (tertiary/aromatic N) is 2. The Morgan fingerprint density at radius 2 is 1.84 bits per heavy atom. The van der Waals surface area contributed by atoms with Crippen molar-refractivity contribution < 1.29 is 28.3 Å². The molecule has 0 saturated carbocycles. The van der Waals surface area contributed by atoms with E-state index in [-0.39, 0.29) is 30.7 Å². The quantitative estimate of drug-likeness (QED) is 0.520. The number of furan rings is 1. The topological polar surface area (TPSA) is 97.1 Å². The minimum absolute atomic E-state index is 0.0979. The van der Waals surface area contributed by atoms with Crippen molar-refractivity contribution in [3.05, 3.63) is 54.0 Å². The van der Waals surface area contributed by atoms with Gasteiger partial charge in [-0.15, -0.1) is 0 Å². The molecule has 0 spiro atoms. The summed E-state index contributed by atoms with van der Waals surface area (Å²) in [6.07, 6.45) is 1.60. The van der Waals surface area contributed by atoms with Gasteiger partial charge in [0.2, 0.25) is 11.8 Å². The second-order valence-electron chi connectivity index (χ2n) is 8.66. The Hall–Kier alpha value is -3.42. The average molecular weight is 426 g/mol. The number of carbonyl (C=O) groups is 4.